The topological polar surface area (TPSA) is 46.5 Å². The van der Waals surface area contributed by atoms with Gasteiger partial charge in [0.1, 0.15) is 5.75 Å². The Balaban J connectivity index is 3.25. The molecule has 4 heteroatoms. The van der Waals surface area contributed by atoms with Crippen molar-refractivity contribution in [1.29, 1.82) is 0 Å². The summed E-state index contributed by atoms with van der Waals surface area (Å²) in [5, 5.41) is 8.94. The van der Waals surface area contributed by atoms with Crippen molar-refractivity contribution in [3.05, 3.63) is 27.7 Å². The van der Waals surface area contributed by atoms with Gasteiger partial charge in [-0.15, -0.1) is 0 Å². The molecule has 17 heavy (non-hydrogen) atoms. The third-order valence-electron chi connectivity index (χ3n) is 2.81. The van der Waals surface area contributed by atoms with Crippen molar-refractivity contribution in [3.63, 3.8) is 0 Å². The molecule has 94 valence electrons. The van der Waals surface area contributed by atoms with Gasteiger partial charge in [-0.3, -0.25) is 4.79 Å². The second kappa shape index (κ2) is 5.08. The number of ether oxygens (including phenoxy) is 1. The van der Waals surface area contributed by atoms with Gasteiger partial charge in [0.25, 0.3) is 0 Å². The van der Waals surface area contributed by atoms with E-state index in [1.807, 2.05) is 32.9 Å². The van der Waals surface area contributed by atoms with E-state index in [0.29, 0.717) is 0 Å². The van der Waals surface area contributed by atoms with Crippen LogP contribution in [0.5, 0.6) is 5.75 Å². The molecule has 0 saturated carbocycles. The summed E-state index contributed by atoms with van der Waals surface area (Å²) in [6.45, 7) is 5.78. The number of carboxylic acid groups (broad SMARTS) is 1. The number of carboxylic acids is 1. The van der Waals surface area contributed by atoms with Crippen molar-refractivity contribution in [2.45, 2.75) is 32.6 Å². The molecule has 0 atom stereocenters. The molecule has 0 unspecified atom stereocenters. The zero-order valence-corrected chi connectivity index (χ0v) is 12.1. The molecule has 0 radical (unpaired) electrons. The number of carbonyl (C=O) groups is 1. The van der Waals surface area contributed by atoms with E-state index in [1.54, 1.807) is 7.11 Å². The molecule has 0 amide bonds. The Kier molecular flexibility index (Phi) is 4.20. The van der Waals surface area contributed by atoms with Crippen LogP contribution in [0, 0.1) is 6.92 Å². The van der Waals surface area contributed by atoms with Crippen LogP contribution >= 0.6 is 15.9 Å². The summed E-state index contributed by atoms with van der Waals surface area (Å²) in [6.07, 6.45) is 0.0812. The minimum Gasteiger partial charge on any atom is -0.496 e. The predicted octanol–water partition coefficient (Wildman–Crippen LogP) is 3.52. The first-order chi connectivity index (χ1) is 7.77. The molecule has 0 fully saturated rings. The molecule has 0 aliphatic rings. The van der Waals surface area contributed by atoms with E-state index >= 15 is 0 Å². The average Bonchev–Trinajstić information content (AvgIpc) is 2.15. The van der Waals surface area contributed by atoms with Crippen LogP contribution in [0.1, 0.15) is 31.4 Å². The molecular weight excluding hydrogens is 284 g/mol. The Morgan fingerprint density at radius 2 is 2.06 bits per heavy atom. The lowest BCUT2D eigenvalue weighted by atomic mass is 9.81. The lowest BCUT2D eigenvalue weighted by Gasteiger charge is -2.25. The van der Waals surface area contributed by atoms with E-state index in [9.17, 15) is 4.79 Å². The number of aliphatic carboxylic acids is 1. The second-order valence-corrected chi connectivity index (χ2v) is 5.61. The fraction of sp³-hybridized carbons (Fsp3) is 0.462. The molecule has 0 aliphatic heterocycles. The summed E-state index contributed by atoms with van der Waals surface area (Å²) in [5.74, 6) is -0.0249. The third-order valence-corrected chi connectivity index (χ3v) is 3.46. The second-order valence-electron chi connectivity index (χ2n) is 4.76. The maximum atomic E-state index is 10.9. The van der Waals surface area contributed by atoms with Crippen molar-refractivity contribution in [3.8, 4) is 5.75 Å². The van der Waals surface area contributed by atoms with Crippen molar-refractivity contribution < 1.29 is 14.6 Å². The maximum Gasteiger partial charge on any atom is 0.304 e. The van der Waals surface area contributed by atoms with Gasteiger partial charge in [-0.25, -0.2) is 0 Å². The standard InChI is InChI=1S/C13H17BrO3/c1-8-5-10(14)9(6-11(8)17-4)13(2,3)7-12(15)16/h5-6H,7H2,1-4H3,(H,15,16). The van der Waals surface area contributed by atoms with Crippen LogP contribution in [0.3, 0.4) is 0 Å². The zero-order valence-electron chi connectivity index (χ0n) is 10.5. The molecule has 3 nitrogen and oxygen atoms in total. The van der Waals surface area contributed by atoms with Gasteiger partial charge < -0.3 is 9.84 Å². The number of rotatable bonds is 4. The molecule has 1 rings (SSSR count). The predicted molar refractivity (Wildman–Crippen MR) is 70.7 cm³/mol. The van der Waals surface area contributed by atoms with Gasteiger partial charge in [0.2, 0.25) is 0 Å². The molecule has 0 saturated heterocycles. The number of hydrogen-bond acceptors (Lipinski definition) is 2. The Hall–Kier alpha value is -1.03. The molecule has 1 N–H and O–H groups in total. The van der Waals surface area contributed by atoms with Gasteiger partial charge in [0.05, 0.1) is 13.5 Å². The fourth-order valence-corrected chi connectivity index (χ4v) is 2.86. The highest BCUT2D eigenvalue weighted by atomic mass is 79.9. The first-order valence-electron chi connectivity index (χ1n) is 5.34. The Labute approximate surface area is 110 Å². The number of aryl methyl sites for hydroxylation is 1. The summed E-state index contributed by atoms with van der Waals surface area (Å²) in [7, 11) is 1.62. The van der Waals surface area contributed by atoms with Crippen LogP contribution < -0.4 is 4.74 Å². The Bertz CT molecular complexity index is 439. The van der Waals surface area contributed by atoms with Gasteiger partial charge in [0.15, 0.2) is 0 Å². The van der Waals surface area contributed by atoms with Crippen LogP contribution in [-0.2, 0) is 10.2 Å². The molecule has 0 heterocycles. The van der Waals surface area contributed by atoms with E-state index in [2.05, 4.69) is 15.9 Å². The van der Waals surface area contributed by atoms with E-state index < -0.39 is 11.4 Å². The zero-order chi connectivity index (χ0) is 13.2. The average molecular weight is 301 g/mol. The van der Waals surface area contributed by atoms with Crippen LogP contribution in [-0.4, -0.2) is 18.2 Å². The SMILES string of the molecule is COc1cc(C(C)(C)CC(=O)O)c(Br)cc1C. The summed E-state index contributed by atoms with van der Waals surface area (Å²) in [6, 6.07) is 3.86. The molecular formula is C13H17BrO3. The summed E-state index contributed by atoms with van der Waals surface area (Å²) < 4.78 is 6.19. The third kappa shape index (κ3) is 3.22. The van der Waals surface area contributed by atoms with Gasteiger partial charge >= 0.3 is 5.97 Å². The fourth-order valence-electron chi connectivity index (χ4n) is 1.86. The minimum absolute atomic E-state index is 0.0812. The summed E-state index contributed by atoms with van der Waals surface area (Å²) in [4.78, 5) is 10.9. The van der Waals surface area contributed by atoms with Gasteiger partial charge in [0, 0.05) is 9.89 Å². The Morgan fingerprint density at radius 3 is 2.53 bits per heavy atom. The molecule has 1 aromatic rings. The Morgan fingerprint density at radius 1 is 1.47 bits per heavy atom. The quantitative estimate of drug-likeness (QED) is 0.925. The molecule has 0 aromatic heterocycles. The van der Waals surface area contributed by atoms with Crippen LogP contribution in [0.2, 0.25) is 0 Å². The first kappa shape index (κ1) is 14.0. The number of hydrogen-bond donors (Lipinski definition) is 1. The smallest absolute Gasteiger partial charge is 0.304 e. The first-order valence-corrected chi connectivity index (χ1v) is 6.13. The molecule has 0 spiro atoms. The lowest BCUT2D eigenvalue weighted by Crippen LogP contribution is -2.22. The highest BCUT2D eigenvalue weighted by Gasteiger charge is 2.27. The van der Waals surface area contributed by atoms with Crippen LogP contribution in [0.25, 0.3) is 0 Å². The highest BCUT2D eigenvalue weighted by molar-refractivity contribution is 9.10. The largest absolute Gasteiger partial charge is 0.496 e. The van der Waals surface area contributed by atoms with Gasteiger partial charge in [-0.2, -0.15) is 0 Å². The van der Waals surface area contributed by atoms with E-state index in [4.69, 9.17) is 9.84 Å². The van der Waals surface area contributed by atoms with E-state index in [1.165, 1.54) is 0 Å². The monoisotopic (exact) mass is 300 g/mol. The lowest BCUT2D eigenvalue weighted by molar-refractivity contribution is -0.138. The number of halogens is 1. The van der Waals surface area contributed by atoms with Crippen molar-refractivity contribution in [1.82, 2.24) is 0 Å². The van der Waals surface area contributed by atoms with Crippen molar-refractivity contribution >= 4 is 21.9 Å². The maximum absolute atomic E-state index is 10.9. The normalized spacial score (nSPS) is 11.4. The van der Waals surface area contributed by atoms with Crippen LogP contribution in [0.4, 0.5) is 0 Å². The summed E-state index contributed by atoms with van der Waals surface area (Å²) in [5.41, 5.74) is 1.53. The summed E-state index contributed by atoms with van der Waals surface area (Å²) >= 11 is 3.49. The highest BCUT2D eigenvalue weighted by Crippen LogP contribution is 2.37. The number of methoxy groups -OCH3 is 1. The molecule has 0 bridgehead atoms. The van der Waals surface area contributed by atoms with E-state index in [-0.39, 0.29) is 6.42 Å². The minimum atomic E-state index is -0.804. The van der Waals surface area contributed by atoms with Crippen molar-refractivity contribution in [2.24, 2.45) is 0 Å². The van der Waals surface area contributed by atoms with Gasteiger partial charge in [-0.05, 0) is 30.2 Å². The van der Waals surface area contributed by atoms with Gasteiger partial charge in [-0.1, -0.05) is 29.8 Å². The van der Waals surface area contributed by atoms with Crippen molar-refractivity contribution in [2.75, 3.05) is 7.11 Å². The number of benzene rings is 1. The van der Waals surface area contributed by atoms with Crippen LogP contribution in [0.15, 0.2) is 16.6 Å². The molecule has 0 aliphatic carbocycles. The van der Waals surface area contributed by atoms with E-state index in [0.717, 1.165) is 21.3 Å². The molecule has 1 aromatic carbocycles.